The van der Waals surface area contributed by atoms with Crippen LogP contribution in [0.2, 0.25) is 0 Å². The lowest BCUT2D eigenvalue weighted by Gasteiger charge is -2.29. The van der Waals surface area contributed by atoms with Gasteiger partial charge in [0, 0.05) is 13.0 Å². The largest absolute Gasteiger partial charge is 0.491 e. The molecule has 3 aliphatic heterocycles. The van der Waals surface area contributed by atoms with E-state index in [0.29, 0.717) is 37.8 Å². The van der Waals surface area contributed by atoms with Gasteiger partial charge in [0.15, 0.2) is 11.5 Å². The summed E-state index contributed by atoms with van der Waals surface area (Å²) in [4.78, 5) is 29.5. The summed E-state index contributed by atoms with van der Waals surface area (Å²) in [5.74, 6) is 1.98. The zero-order chi connectivity index (χ0) is 21.2. The van der Waals surface area contributed by atoms with Gasteiger partial charge < -0.3 is 19.1 Å². The number of fused-ring (bicyclic) bond motifs is 2. The maximum absolute atomic E-state index is 13.3. The first-order valence-corrected chi connectivity index (χ1v) is 10.9. The summed E-state index contributed by atoms with van der Waals surface area (Å²) in [5.41, 5.74) is 1.70. The Bertz CT molecular complexity index is 992. The molecule has 2 aromatic carbocycles. The van der Waals surface area contributed by atoms with Crippen molar-refractivity contribution in [2.75, 3.05) is 37.8 Å². The van der Waals surface area contributed by atoms with Crippen molar-refractivity contribution in [1.29, 1.82) is 0 Å². The molecule has 7 nitrogen and oxygen atoms in total. The fourth-order valence-electron chi connectivity index (χ4n) is 4.52. The molecular weight excluding hydrogens is 396 g/mol. The summed E-state index contributed by atoms with van der Waals surface area (Å²) in [6.45, 7) is 2.29. The minimum absolute atomic E-state index is 0.0141. The Balaban J connectivity index is 1.37. The Morgan fingerprint density at radius 3 is 2.65 bits per heavy atom. The van der Waals surface area contributed by atoms with Gasteiger partial charge in [-0.05, 0) is 42.7 Å². The molecular formula is C24H26N2O5. The number of carbonyl (C=O) groups excluding carboxylic acids is 2. The average Bonchev–Trinajstić information content (AvgIpc) is 3.08. The Labute approximate surface area is 181 Å². The molecule has 162 valence electrons. The molecule has 2 amide bonds. The zero-order valence-electron chi connectivity index (χ0n) is 17.4. The van der Waals surface area contributed by atoms with Gasteiger partial charge in [0.25, 0.3) is 0 Å². The lowest BCUT2D eigenvalue weighted by molar-refractivity contribution is -0.132. The van der Waals surface area contributed by atoms with Gasteiger partial charge in [-0.1, -0.05) is 18.2 Å². The Kier molecular flexibility index (Phi) is 5.40. The van der Waals surface area contributed by atoms with Gasteiger partial charge in [0.05, 0.1) is 38.0 Å². The summed E-state index contributed by atoms with van der Waals surface area (Å²) < 4.78 is 17.3. The number of benzene rings is 2. The van der Waals surface area contributed by atoms with Gasteiger partial charge >= 0.3 is 0 Å². The lowest BCUT2D eigenvalue weighted by atomic mass is 10.0. The van der Waals surface area contributed by atoms with Gasteiger partial charge in [-0.25, -0.2) is 0 Å². The molecule has 0 saturated carbocycles. The highest BCUT2D eigenvalue weighted by molar-refractivity contribution is 6.00. The van der Waals surface area contributed by atoms with Gasteiger partial charge in [0.1, 0.15) is 12.3 Å². The highest BCUT2D eigenvalue weighted by Gasteiger charge is 2.33. The van der Waals surface area contributed by atoms with Crippen LogP contribution < -0.4 is 19.1 Å². The normalized spacial score (nSPS) is 20.5. The minimum atomic E-state index is -0.0929. The monoisotopic (exact) mass is 422 g/mol. The second-order valence-corrected chi connectivity index (χ2v) is 8.05. The molecule has 0 radical (unpaired) electrons. The molecule has 0 aliphatic carbocycles. The SMILES string of the molecule is O=C1CCOc2ccccc2N1CC(=O)N1CCC[C@@H]1c1ccc2c(c1)OCCCO2. The van der Waals surface area contributed by atoms with Gasteiger partial charge in [-0.15, -0.1) is 0 Å². The van der Waals surface area contributed by atoms with E-state index in [2.05, 4.69) is 0 Å². The summed E-state index contributed by atoms with van der Waals surface area (Å²) in [6, 6.07) is 13.3. The number of rotatable bonds is 3. The third-order valence-corrected chi connectivity index (χ3v) is 6.05. The van der Waals surface area contributed by atoms with Gasteiger partial charge in [-0.2, -0.15) is 0 Å². The van der Waals surface area contributed by atoms with Crippen molar-refractivity contribution in [3.8, 4) is 17.2 Å². The lowest BCUT2D eigenvalue weighted by Crippen LogP contribution is -2.42. The molecule has 5 rings (SSSR count). The topological polar surface area (TPSA) is 68.3 Å². The summed E-state index contributed by atoms with van der Waals surface area (Å²) in [7, 11) is 0. The van der Waals surface area contributed by atoms with Crippen LogP contribution in [0.3, 0.4) is 0 Å². The van der Waals surface area contributed by atoms with Crippen LogP contribution in [0.5, 0.6) is 17.2 Å². The number of ether oxygens (including phenoxy) is 3. The van der Waals surface area contributed by atoms with Crippen molar-refractivity contribution in [2.45, 2.75) is 31.7 Å². The Hall–Kier alpha value is -3.22. The van der Waals surface area contributed by atoms with Crippen LogP contribution in [0.15, 0.2) is 42.5 Å². The second-order valence-electron chi connectivity index (χ2n) is 8.05. The Morgan fingerprint density at radius 1 is 0.935 bits per heavy atom. The first-order valence-electron chi connectivity index (χ1n) is 10.9. The highest BCUT2D eigenvalue weighted by Crippen LogP contribution is 2.38. The quantitative estimate of drug-likeness (QED) is 0.759. The molecule has 0 bridgehead atoms. The van der Waals surface area contributed by atoms with Crippen LogP contribution in [0.25, 0.3) is 0 Å². The number of hydrogen-bond donors (Lipinski definition) is 0. The van der Waals surface area contributed by atoms with E-state index in [4.69, 9.17) is 14.2 Å². The first-order chi connectivity index (χ1) is 15.2. The fraction of sp³-hybridized carbons (Fsp3) is 0.417. The van der Waals surface area contributed by atoms with E-state index in [0.717, 1.165) is 36.3 Å². The standard InChI is InChI=1S/C24H26N2O5/c27-23-10-14-31-20-7-2-1-5-19(20)26(23)16-24(28)25-11-3-6-18(25)17-8-9-21-22(15-17)30-13-4-12-29-21/h1-2,5,7-9,15,18H,3-4,6,10-14,16H2/t18-/m1/s1. The van der Waals surface area contributed by atoms with Crippen molar-refractivity contribution in [1.82, 2.24) is 4.90 Å². The number of carbonyl (C=O) groups is 2. The van der Waals surface area contributed by atoms with Crippen LogP contribution in [-0.2, 0) is 9.59 Å². The van der Waals surface area contributed by atoms with Crippen molar-refractivity contribution in [2.24, 2.45) is 0 Å². The summed E-state index contributed by atoms with van der Waals surface area (Å²) in [6.07, 6.45) is 2.93. The number of likely N-dealkylation sites (tertiary alicyclic amines) is 1. The molecule has 1 saturated heterocycles. The van der Waals surface area contributed by atoms with Gasteiger partial charge in [0.2, 0.25) is 11.8 Å². The van der Waals surface area contributed by atoms with Crippen LogP contribution in [0, 0.1) is 0 Å². The van der Waals surface area contributed by atoms with E-state index >= 15 is 0 Å². The van der Waals surface area contributed by atoms with E-state index in [1.807, 2.05) is 47.4 Å². The third-order valence-electron chi connectivity index (χ3n) is 6.05. The number of amides is 2. The minimum Gasteiger partial charge on any atom is -0.491 e. The summed E-state index contributed by atoms with van der Waals surface area (Å²) in [5, 5.41) is 0. The van der Waals surface area contributed by atoms with E-state index in [1.165, 1.54) is 0 Å². The molecule has 3 aliphatic rings. The molecule has 2 aromatic rings. The molecule has 7 heteroatoms. The van der Waals surface area contributed by atoms with Crippen LogP contribution in [-0.4, -0.2) is 49.6 Å². The van der Waals surface area contributed by atoms with E-state index in [-0.39, 0.29) is 30.8 Å². The van der Waals surface area contributed by atoms with Crippen molar-refractivity contribution < 1.29 is 23.8 Å². The van der Waals surface area contributed by atoms with E-state index in [1.54, 1.807) is 4.90 Å². The first kappa shape index (κ1) is 19.7. The molecule has 0 unspecified atom stereocenters. The summed E-state index contributed by atoms with van der Waals surface area (Å²) >= 11 is 0. The number of hydrogen-bond acceptors (Lipinski definition) is 5. The zero-order valence-corrected chi connectivity index (χ0v) is 17.4. The molecule has 0 aromatic heterocycles. The number of anilines is 1. The number of nitrogens with zero attached hydrogens (tertiary/aromatic N) is 2. The molecule has 1 fully saturated rings. The molecule has 0 N–H and O–H groups in total. The van der Waals surface area contributed by atoms with Crippen LogP contribution in [0.1, 0.15) is 37.3 Å². The predicted octanol–water partition coefficient (Wildman–Crippen LogP) is 3.33. The van der Waals surface area contributed by atoms with Crippen LogP contribution in [0.4, 0.5) is 5.69 Å². The Morgan fingerprint density at radius 2 is 1.74 bits per heavy atom. The average molecular weight is 422 g/mol. The smallest absolute Gasteiger partial charge is 0.243 e. The van der Waals surface area contributed by atoms with Gasteiger partial charge in [-0.3, -0.25) is 14.5 Å². The fourth-order valence-corrected chi connectivity index (χ4v) is 4.52. The molecule has 1 atom stereocenters. The molecule has 31 heavy (non-hydrogen) atoms. The maximum Gasteiger partial charge on any atom is 0.243 e. The van der Waals surface area contributed by atoms with Crippen molar-refractivity contribution >= 4 is 17.5 Å². The van der Waals surface area contributed by atoms with Crippen molar-refractivity contribution in [3.63, 3.8) is 0 Å². The third kappa shape index (κ3) is 3.92. The second kappa shape index (κ2) is 8.49. The highest BCUT2D eigenvalue weighted by atomic mass is 16.5. The molecule has 0 spiro atoms. The predicted molar refractivity (Wildman–Crippen MR) is 115 cm³/mol. The maximum atomic E-state index is 13.3. The molecule has 3 heterocycles. The van der Waals surface area contributed by atoms with Crippen LogP contribution >= 0.6 is 0 Å². The van der Waals surface area contributed by atoms with E-state index in [9.17, 15) is 9.59 Å². The number of para-hydroxylation sites is 2. The van der Waals surface area contributed by atoms with E-state index < -0.39 is 0 Å². The van der Waals surface area contributed by atoms with Crippen molar-refractivity contribution in [3.05, 3.63) is 48.0 Å².